The maximum atomic E-state index is 11.8. The first kappa shape index (κ1) is 18.0. The number of morpholine rings is 1. The Morgan fingerprint density at radius 3 is 2.91 bits per heavy atom. The van der Waals surface area contributed by atoms with Gasteiger partial charge in [0.15, 0.2) is 0 Å². The molecule has 1 N–H and O–H groups in total. The second kappa shape index (κ2) is 9.04. The Kier molecular flexibility index (Phi) is 7.06. The van der Waals surface area contributed by atoms with Crippen LogP contribution >= 0.6 is 0 Å². The van der Waals surface area contributed by atoms with Crippen LogP contribution in [0.25, 0.3) is 0 Å². The van der Waals surface area contributed by atoms with Crippen molar-refractivity contribution in [1.82, 2.24) is 10.2 Å². The van der Waals surface area contributed by atoms with Gasteiger partial charge in [0, 0.05) is 32.6 Å². The minimum atomic E-state index is 0.145. The molecular formula is C19H30N2O2. The summed E-state index contributed by atoms with van der Waals surface area (Å²) in [6.45, 7) is 10.7. The lowest BCUT2D eigenvalue weighted by Crippen LogP contribution is -2.40. The maximum Gasteiger partial charge on any atom is 0.220 e. The third-order valence-electron chi connectivity index (χ3n) is 4.16. The summed E-state index contributed by atoms with van der Waals surface area (Å²) in [6.07, 6.45) is 1.87. The van der Waals surface area contributed by atoms with Gasteiger partial charge in [0.25, 0.3) is 0 Å². The van der Waals surface area contributed by atoms with E-state index in [0.717, 1.165) is 32.7 Å². The third-order valence-corrected chi connectivity index (χ3v) is 4.16. The standard InChI is InChI=1S/C19H30N2O2/c1-15(2)7-8-19(22)20-12-17-5-4-6-18(11-17)14-21-9-10-23-16(3)13-21/h4-6,11,15-16H,7-10,12-14H2,1-3H3,(H,20,22). The molecule has 2 rings (SSSR count). The summed E-state index contributed by atoms with van der Waals surface area (Å²) in [4.78, 5) is 14.3. The van der Waals surface area contributed by atoms with Crippen LogP contribution in [-0.4, -0.2) is 36.6 Å². The van der Waals surface area contributed by atoms with Gasteiger partial charge < -0.3 is 10.1 Å². The smallest absolute Gasteiger partial charge is 0.220 e. The molecule has 1 fully saturated rings. The predicted molar refractivity (Wildman–Crippen MR) is 93.1 cm³/mol. The molecule has 1 aromatic carbocycles. The summed E-state index contributed by atoms with van der Waals surface area (Å²) in [5.41, 5.74) is 2.47. The number of amides is 1. The second-order valence-corrected chi connectivity index (χ2v) is 6.95. The second-order valence-electron chi connectivity index (χ2n) is 6.95. The molecule has 4 nitrogen and oxygen atoms in total. The average Bonchev–Trinajstić information content (AvgIpc) is 2.51. The topological polar surface area (TPSA) is 41.6 Å². The molecule has 1 saturated heterocycles. The largest absolute Gasteiger partial charge is 0.376 e. The van der Waals surface area contributed by atoms with Gasteiger partial charge in [0.2, 0.25) is 5.91 Å². The van der Waals surface area contributed by atoms with Crippen molar-refractivity contribution in [1.29, 1.82) is 0 Å². The number of hydrogen-bond acceptors (Lipinski definition) is 3. The van der Waals surface area contributed by atoms with E-state index in [0.29, 0.717) is 25.0 Å². The monoisotopic (exact) mass is 318 g/mol. The number of hydrogen-bond donors (Lipinski definition) is 1. The molecule has 0 aliphatic carbocycles. The molecule has 1 amide bonds. The van der Waals surface area contributed by atoms with Crippen LogP contribution in [0.2, 0.25) is 0 Å². The normalized spacial score (nSPS) is 19.0. The van der Waals surface area contributed by atoms with Crippen molar-refractivity contribution in [3.8, 4) is 0 Å². The summed E-state index contributed by atoms with van der Waals surface area (Å²) in [5, 5.41) is 3.02. The summed E-state index contributed by atoms with van der Waals surface area (Å²) in [5.74, 6) is 0.714. The number of ether oxygens (including phenoxy) is 1. The van der Waals surface area contributed by atoms with Gasteiger partial charge in [-0.2, -0.15) is 0 Å². The maximum absolute atomic E-state index is 11.8. The zero-order chi connectivity index (χ0) is 16.7. The van der Waals surface area contributed by atoms with Crippen molar-refractivity contribution in [2.75, 3.05) is 19.7 Å². The molecule has 128 valence electrons. The zero-order valence-electron chi connectivity index (χ0n) is 14.7. The first-order valence-corrected chi connectivity index (χ1v) is 8.71. The van der Waals surface area contributed by atoms with E-state index in [4.69, 9.17) is 4.74 Å². The van der Waals surface area contributed by atoms with E-state index in [1.165, 1.54) is 11.1 Å². The summed E-state index contributed by atoms with van der Waals surface area (Å²) in [7, 11) is 0. The molecule has 1 aliphatic rings. The van der Waals surface area contributed by atoms with E-state index in [9.17, 15) is 4.79 Å². The fourth-order valence-corrected chi connectivity index (χ4v) is 2.84. The van der Waals surface area contributed by atoms with Crippen molar-refractivity contribution in [3.63, 3.8) is 0 Å². The molecule has 1 unspecified atom stereocenters. The molecule has 1 heterocycles. The van der Waals surface area contributed by atoms with Crippen LogP contribution in [0.3, 0.4) is 0 Å². The SMILES string of the molecule is CC(C)CCC(=O)NCc1cccc(CN2CCOC(C)C2)c1. The highest BCUT2D eigenvalue weighted by Gasteiger charge is 2.16. The van der Waals surface area contributed by atoms with E-state index in [1.54, 1.807) is 0 Å². The van der Waals surface area contributed by atoms with E-state index >= 15 is 0 Å². The van der Waals surface area contributed by atoms with Crippen molar-refractivity contribution >= 4 is 5.91 Å². The molecule has 4 heteroatoms. The number of rotatable bonds is 7. The lowest BCUT2D eigenvalue weighted by Gasteiger charge is -2.31. The van der Waals surface area contributed by atoms with Crippen LogP contribution in [0.1, 0.15) is 44.7 Å². The van der Waals surface area contributed by atoms with Gasteiger partial charge in [0.1, 0.15) is 0 Å². The van der Waals surface area contributed by atoms with Crippen molar-refractivity contribution in [2.45, 2.75) is 52.8 Å². The molecule has 1 aliphatic heterocycles. The molecule has 0 bridgehead atoms. The Morgan fingerprint density at radius 1 is 1.39 bits per heavy atom. The van der Waals surface area contributed by atoms with Crippen LogP contribution < -0.4 is 5.32 Å². The fourth-order valence-electron chi connectivity index (χ4n) is 2.84. The van der Waals surface area contributed by atoms with Gasteiger partial charge >= 0.3 is 0 Å². The minimum Gasteiger partial charge on any atom is -0.376 e. The van der Waals surface area contributed by atoms with Crippen LogP contribution in [0.4, 0.5) is 0 Å². The quantitative estimate of drug-likeness (QED) is 0.840. The van der Waals surface area contributed by atoms with Crippen LogP contribution in [0.15, 0.2) is 24.3 Å². The average molecular weight is 318 g/mol. The Hall–Kier alpha value is -1.39. The summed E-state index contributed by atoms with van der Waals surface area (Å²) < 4.78 is 5.58. The first-order chi connectivity index (χ1) is 11.0. The summed E-state index contributed by atoms with van der Waals surface area (Å²) >= 11 is 0. The minimum absolute atomic E-state index is 0.145. The number of nitrogens with zero attached hydrogens (tertiary/aromatic N) is 1. The molecule has 23 heavy (non-hydrogen) atoms. The lowest BCUT2D eigenvalue weighted by atomic mass is 10.1. The fraction of sp³-hybridized carbons (Fsp3) is 0.632. The Bertz CT molecular complexity index is 502. The van der Waals surface area contributed by atoms with Gasteiger partial charge in [-0.1, -0.05) is 38.1 Å². The van der Waals surface area contributed by atoms with Gasteiger partial charge in [-0.25, -0.2) is 0 Å². The van der Waals surface area contributed by atoms with Crippen LogP contribution in [0, 0.1) is 5.92 Å². The molecule has 0 saturated carbocycles. The van der Waals surface area contributed by atoms with Gasteiger partial charge in [-0.05, 0) is 30.4 Å². The summed E-state index contributed by atoms with van der Waals surface area (Å²) in [6, 6.07) is 8.51. The Labute approximate surface area is 140 Å². The number of carbonyl (C=O) groups excluding carboxylic acids is 1. The highest BCUT2D eigenvalue weighted by atomic mass is 16.5. The van der Waals surface area contributed by atoms with Gasteiger partial charge in [0.05, 0.1) is 12.7 Å². The van der Waals surface area contributed by atoms with Crippen molar-refractivity contribution in [3.05, 3.63) is 35.4 Å². The first-order valence-electron chi connectivity index (χ1n) is 8.71. The number of nitrogens with one attached hydrogen (secondary N) is 1. The number of carbonyl (C=O) groups is 1. The van der Waals surface area contributed by atoms with E-state index in [2.05, 4.69) is 55.3 Å². The molecule has 1 atom stereocenters. The van der Waals surface area contributed by atoms with Crippen LogP contribution in [-0.2, 0) is 22.6 Å². The third kappa shape index (κ3) is 6.71. The predicted octanol–water partition coefficient (Wildman–Crippen LogP) is 2.96. The Balaban J connectivity index is 1.81. The van der Waals surface area contributed by atoms with Crippen molar-refractivity contribution in [2.24, 2.45) is 5.92 Å². The highest BCUT2D eigenvalue weighted by molar-refractivity contribution is 5.75. The van der Waals surface area contributed by atoms with E-state index < -0.39 is 0 Å². The van der Waals surface area contributed by atoms with E-state index in [-0.39, 0.29) is 5.91 Å². The molecule has 0 aromatic heterocycles. The zero-order valence-corrected chi connectivity index (χ0v) is 14.7. The molecule has 1 aromatic rings. The highest BCUT2D eigenvalue weighted by Crippen LogP contribution is 2.12. The van der Waals surface area contributed by atoms with Crippen LogP contribution in [0.5, 0.6) is 0 Å². The Morgan fingerprint density at radius 2 is 2.17 bits per heavy atom. The molecule has 0 spiro atoms. The lowest BCUT2D eigenvalue weighted by molar-refractivity contribution is -0.121. The van der Waals surface area contributed by atoms with E-state index in [1.807, 2.05) is 0 Å². The van der Waals surface area contributed by atoms with Gasteiger partial charge in [-0.15, -0.1) is 0 Å². The van der Waals surface area contributed by atoms with Crippen molar-refractivity contribution < 1.29 is 9.53 Å². The molecule has 0 radical (unpaired) electrons. The van der Waals surface area contributed by atoms with Gasteiger partial charge in [-0.3, -0.25) is 9.69 Å². The number of benzene rings is 1. The molecular weight excluding hydrogens is 288 g/mol.